The monoisotopic (exact) mass is 314 g/mol. The van der Waals surface area contributed by atoms with Crippen molar-refractivity contribution in [2.24, 2.45) is 7.05 Å². The van der Waals surface area contributed by atoms with Crippen molar-refractivity contribution in [2.45, 2.75) is 25.4 Å². The van der Waals surface area contributed by atoms with Gasteiger partial charge in [0.1, 0.15) is 11.5 Å². The maximum absolute atomic E-state index is 12.5. The van der Waals surface area contributed by atoms with Crippen LogP contribution in [-0.4, -0.2) is 58.3 Å². The summed E-state index contributed by atoms with van der Waals surface area (Å²) >= 11 is 0. The number of nitrogens with zero attached hydrogens (tertiary/aromatic N) is 4. The summed E-state index contributed by atoms with van der Waals surface area (Å²) in [5.74, 6) is 1.02. The fourth-order valence-corrected chi connectivity index (χ4v) is 3.71. The van der Waals surface area contributed by atoms with Crippen molar-refractivity contribution in [3.63, 3.8) is 0 Å². The van der Waals surface area contributed by atoms with Crippen molar-refractivity contribution in [2.75, 3.05) is 31.6 Å². The number of rotatable bonds is 1. The van der Waals surface area contributed by atoms with E-state index in [-0.39, 0.29) is 12.0 Å². The molecular formula is C17H22N4O2. The summed E-state index contributed by atoms with van der Waals surface area (Å²) < 4.78 is 2.07. The molecule has 0 unspecified atom stereocenters. The zero-order valence-corrected chi connectivity index (χ0v) is 13.6. The van der Waals surface area contributed by atoms with Gasteiger partial charge in [-0.15, -0.1) is 0 Å². The first kappa shape index (κ1) is 14.5. The van der Waals surface area contributed by atoms with Crippen LogP contribution in [0.1, 0.15) is 28.9 Å². The second-order valence-corrected chi connectivity index (χ2v) is 6.62. The van der Waals surface area contributed by atoms with E-state index in [4.69, 9.17) is 4.98 Å². The molecule has 0 bridgehead atoms. The minimum atomic E-state index is -0.189. The van der Waals surface area contributed by atoms with E-state index in [2.05, 4.69) is 9.47 Å². The SMILES string of the molecule is CN1CCc2c(c3ccc(N4CCC(O)CC4)nc3n2C)C1=O. The lowest BCUT2D eigenvalue weighted by Crippen LogP contribution is -2.36. The smallest absolute Gasteiger partial charge is 0.256 e. The zero-order chi connectivity index (χ0) is 16.1. The van der Waals surface area contributed by atoms with Crippen LogP contribution >= 0.6 is 0 Å². The third-order valence-corrected chi connectivity index (χ3v) is 5.17. The largest absolute Gasteiger partial charge is 0.393 e. The molecule has 122 valence electrons. The number of aromatic nitrogens is 2. The van der Waals surface area contributed by atoms with Crippen LogP contribution < -0.4 is 4.90 Å². The number of amides is 1. The molecule has 2 aliphatic heterocycles. The molecule has 1 fully saturated rings. The zero-order valence-electron chi connectivity index (χ0n) is 13.6. The summed E-state index contributed by atoms with van der Waals surface area (Å²) in [7, 11) is 3.85. The van der Waals surface area contributed by atoms with Gasteiger partial charge in [0.25, 0.3) is 5.91 Å². The number of aliphatic hydroxyl groups is 1. The summed E-state index contributed by atoms with van der Waals surface area (Å²) in [6.07, 6.45) is 2.25. The highest BCUT2D eigenvalue weighted by atomic mass is 16.3. The van der Waals surface area contributed by atoms with E-state index in [0.29, 0.717) is 0 Å². The number of carbonyl (C=O) groups is 1. The number of anilines is 1. The van der Waals surface area contributed by atoms with Gasteiger partial charge in [0.15, 0.2) is 0 Å². The van der Waals surface area contributed by atoms with Gasteiger partial charge >= 0.3 is 0 Å². The number of carbonyl (C=O) groups excluding carboxylic acids is 1. The predicted octanol–water partition coefficient (Wildman–Crippen LogP) is 1.16. The first-order valence-electron chi connectivity index (χ1n) is 8.23. The molecule has 4 rings (SSSR count). The number of piperidine rings is 1. The molecule has 2 aromatic rings. The Kier molecular flexibility index (Phi) is 3.30. The second-order valence-electron chi connectivity index (χ2n) is 6.62. The van der Waals surface area contributed by atoms with Crippen molar-refractivity contribution in [1.82, 2.24) is 14.5 Å². The predicted molar refractivity (Wildman–Crippen MR) is 88.8 cm³/mol. The van der Waals surface area contributed by atoms with Crippen LogP contribution in [0.4, 0.5) is 5.82 Å². The van der Waals surface area contributed by atoms with Gasteiger partial charge in [-0.05, 0) is 25.0 Å². The molecular weight excluding hydrogens is 292 g/mol. The third kappa shape index (κ3) is 2.20. The van der Waals surface area contributed by atoms with E-state index < -0.39 is 0 Å². The number of pyridine rings is 1. The Labute approximate surface area is 135 Å². The Hall–Kier alpha value is -2.08. The Morgan fingerprint density at radius 2 is 1.91 bits per heavy atom. The maximum Gasteiger partial charge on any atom is 0.256 e. The molecule has 0 radical (unpaired) electrons. The second kappa shape index (κ2) is 5.23. The fraction of sp³-hybridized carbons (Fsp3) is 0.529. The Morgan fingerprint density at radius 3 is 2.65 bits per heavy atom. The maximum atomic E-state index is 12.5. The fourth-order valence-electron chi connectivity index (χ4n) is 3.71. The molecule has 23 heavy (non-hydrogen) atoms. The van der Waals surface area contributed by atoms with E-state index >= 15 is 0 Å². The van der Waals surface area contributed by atoms with Crippen LogP contribution in [0.5, 0.6) is 0 Å². The average molecular weight is 314 g/mol. The summed E-state index contributed by atoms with van der Waals surface area (Å²) in [5.41, 5.74) is 2.77. The van der Waals surface area contributed by atoms with Gasteiger partial charge in [0, 0.05) is 51.2 Å². The van der Waals surface area contributed by atoms with Gasteiger partial charge in [0.2, 0.25) is 0 Å². The minimum absolute atomic E-state index is 0.0903. The number of aliphatic hydroxyl groups excluding tert-OH is 1. The average Bonchev–Trinajstić information content (AvgIpc) is 2.84. The molecule has 0 atom stereocenters. The van der Waals surface area contributed by atoms with Crippen LogP contribution in [0, 0.1) is 0 Å². The summed E-state index contributed by atoms with van der Waals surface area (Å²) in [5, 5.41) is 10.6. The highest BCUT2D eigenvalue weighted by molar-refractivity contribution is 6.08. The summed E-state index contributed by atoms with van der Waals surface area (Å²) in [6, 6.07) is 4.03. The van der Waals surface area contributed by atoms with Crippen molar-refractivity contribution in [1.29, 1.82) is 0 Å². The number of hydrogen-bond acceptors (Lipinski definition) is 4. The lowest BCUT2D eigenvalue weighted by Gasteiger charge is -2.30. The molecule has 0 saturated carbocycles. The highest BCUT2D eigenvalue weighted by Gasteiger charge is 2.29. The molecule has 0 aliphatic carbocycles. The lowest BCUT2D eigenvalue weighted by molar-refractivity contribution is 0.0781. The van der Waals surface area contributed by atoms with Gasteiger partial charge in [-0.3, -0.25) is 4.79 Å². The molecule has 0 spiro atoms. The molecule has 2 aliphatic rings. The quantitative estimate of drug-likeness (QED) is 0.858. The Morgan fingerprint density at radius 1 is 1.17 bits per heavy atom. The minimum Gasteiger partial charge on any atom is -0.393 e. The lowest BCUT2D eigenvalue weighted by atomic mass is 10.0. The standard InChI is InChI=1S/C17H22N4O2/c1-19-8-7-13-15(17(19)23)12-3-4-14(18-16(12)20(13)2)21-9-5-11(22)6-10-21/h3-4,11,22H,5-10H2,1-2H3. The normalized spacial score (nSPS) is 19.5. The van der Waals surface area contributed by atoms with E-state index in [0.717, 1.165) is 67.0 Å². The van der Waals surface area contributed by atoms with E-state index in [1.165, 1.54) is 0 Å². The van der Waals surface area contributed by atoms with Crippen molar-refractivity contribution in [3.8, 4) is 0 Å². The van der Waals surface area contributed by atoms with Gasteiger partial charge < -0.3 is 19.5 Å². The van der Waals surface area contributed by atoms with Gasteiger partial charge in [-0.1, -0.05) is 0 Å². The van der Waals surface area contributed by atoms with Crippen LogP contribution in [0.25, 0.3) is 11.0 Å². The number of likely N-dealkylation sites (N-methyl/N-ethyl adjacent to an activating group) is 1. The molecule has 1 N–H and O–H groups in total. The molecule has 6 heteroatoms. The van der Waals surface area contributed by atoms with Crippen molar-refractivity contribution >= 4 is 22.8 Å². The topological polar surface area (TPSA) is 61.6 Å². The van der Waals surface area contributed by atoms with Crippen LogP contribution in [-0.2, 0) is 13.5 Å². The Bertz CT molecular complexity index is 774. The summed E-state index contributed by atoms with van der Waals surface area (Å²) in [6.45, 7) is 2.41. The number of fused-ring (bicyclic) bond motifs is 3. The number of aryl methyl sites for hydroxylation is 1. The van der Waals surface area contributed by atoms with Gasteiger partial charge in [-0.25, -0.2) is 4.98 Å². The first-order chi connectivity index (χ1) is 11.1. The van der Waals surface area contributed by atoms with Gasteiger partial charge in [0.05, 0.1) is 11.7 Å². The summed E-state index contributed by atoms with van der Waals surface area (Å²) in [4.78, 5) is 21.3. The van der Waals surface area contributed by atoms with Crippen LogP contribution in [0.2, 0.25) is 0 Å². The van der Waals surface area contributed by atoms with E-state index in [1.807, 2.05) is 26.2 Å². The highest BCUT2D eigenvalue weighted by Crippen LogP contribution is 2.30. The molecule has 6 nitrogen and oxygen atoms in total. The van der Waals surface area contributed by atoms with E-state index in [9.17, 15) is 9.90 Å². The van der Waals surface area contributed by atoms with Crippen molar-refractivity contribution in [3.05, 3.63) is 23.4 Å². The van der Waals surface area contributed by atoms with E-state index in [1.54, 1.807) is 4.90 Å². The molecule has 4 heterocycles. The van der Waals surface area contributed by atoms with Crippen LogP contribution in [0.15, 0.2) is 12.1 Å². The number of hydrogen-bond donors (Lipinski definition) is 1. The molecule has 2 aromatic heterocycles. The molecule has 1 saturated heterocycles. The van der Waals surface area contributed by atoms with Crippen LogP contribution in [0.3, 0.4) is 0 Å². The third-order valence-electron chi connectivity index (χ3n) is 5.17. The first-order valence-corrected chi connectivity index (χ1v) is 8.23. The Balaban J connectivity index is 1.78. The molecule has 1 amide bonds. The van der Waals surface area contributed by atoms with Crippen molar-refractivity contribution < 1.29 is 9.90 Å². The van der Waals surface area contributed by atoms with Gasteiger partial charge in [-0.2, -0.15) is 0 Å². The molecule has 0 aromatic carbocycles.